The number of carbonyl (C=O) groups is 1. The number of carboxylic acid groups (broad SMARTS) is 1. The summed E-state index contributed by atoms with van der Waals surface area (Å²) in [4.78, 5) is 16.5. The smallest absolute Gasteiger partial charge is 0.334 e. The molecule has 0 saturated heterocycles. The van der Waals surface area contributed by atoms with Crippen LogP contribution in [-0.2, 0) is 4.79 Å². The van der Waals surface area contributed by atoms with Crippen molar-refractivity contribution < 1.29 is 9.90 Å². The lowest BCUT2D eigenvalue weighted by molar-refractivity contribution is -0.133. The average Bonchev–Trinajstić information content (AvgIpc) is 2.56. The second-order valence-electron chi connectivity index (χ2n) is 5.94. The van der Waals surface area contributed by atoms with Crippen molar-refractivity contribution in [3.8, 4) is 6.07 Å². The average molecular weight is 342 g/mol. The van der Waals surface area contributed by atoms with Gasteiger partial charge in [-0.05, 0) is 43.9 Å². The Morgan fingerprint density at radius 2 is 2.00 bits per heavy atom. The number of benzene rings is 1. The van der Waals surface area contributed by atoms with Gasteiger partial charge in [0.2, 0.25) is 0 Å². The molecule has 5 heteroatoms. The molecule has 0 bridgehead atoms. The van der Waals surface area contributed by atoms with Crippen LogP contribution >= 0.6 is 7.92 Å². The van der Waals surface area contributed by atoms with E-state index in [4.69, 9.17) is 0 Å². The highest BCUT2D eigenvalue weighted by molar-refractivity contribution is 7.59. The fourth-order valence-electron chi connectivity index (χ4n) is 3.55. The van der Waals surface area contributed by atoms with Crippen molar-refractivity contribution in [3.63, 3.8) is 0 Å². The number of aliphatic imine (C=N–C) groups is 1. The Hall–Kier alpha value is -1.98. The molecule has 0 fully saturated rings. The van der Waals surface area contributed by atoms with Crippen LogP contribution < -0.4 is 0 Å². The first-order valence-electron chi connectivity index (χ1n) is 8.17. The van der Waals surface area contributed by atoms with E-state index in [9.17, 15) is 15.2 Å². The van der Waals surface area contributed by atoms with E-state index >= 15 is 0 Å². The Kier molecular flexibility index (Phi) is 5.91. The summed E-state index contributed by atoms with van der Waals surface area (Å²) in [5.74, 6) is -1.15. The second kappa shape index (κ2) is 7.73. The Bertz CT molecular complexity index is 742. The minimum absolute atomic E-state index is 0.110. The molecule has 0 saturated carbocycles. The van der Waals surface area contributed by atoms with Crippen molar-refractivity contribution in [1.29, 1.82) is 5.26 Å². The van der Waals surface area contributed by atoms with Gasteiger partial charge in [0.25, 0.3) is 0 Å². The maximum absolute atomic E-state index is 12.0. The van der Waals surface area contributed by atoms with Crippen LogP contribution in [0.15, 0.2) is 40.5 Å². The first-order chi connectivity index (χ1) is 11.4. The van der Waals surface area contributed by atoms with E-state index in [0.29, 0.717) is 16.8 Å². The zero-order valence-corrected chi connectivity index (χ0v) is 15.5. The molecule has 1 heterocycles. The first kappa shape index (κ1) is 18.4. The van der Waals surface area contributed by atoms with Gasteiger partial charge in [-0.25, -0.2) is 4.79 Å². The van der Waals surface area contributed by atoms with Gasteiger partial charge >= 0.3 is 5.97 Å². The van der Waals surface area contributed by atoms with Crippen molar-refractivity contribution in [2.75, 3.05) is 12.3 Å². The van der Waals surface area contributed by atoms with Crippen LogP contribution in [0.1, 0.15) is 44.7 Å². The first-order valence-corrected chi connectivity index (χ1v) is 9.96. The van der Waals surface area contributed by atoms with E-state index in [1.807, 2.05) is 25.1 Å². The van der Waals surface area contributed by atoms with Gasteiger partial charge in [-0.3, -0.25) is 4.99 Å². The third kappa shape index (κ3) is 3.42. The number of rotatable bonds is 5. The highest BCUT2D eigenvalue weighted by atomic mass is 31.1. The SMILES string of the molecule is CCP(CC)C1C(C)=NC(C)=C(C(=O)O)C1c1cccc(C#N)c1. The molecule has 1 aromatic rings. The molecule has 126 valence electrons. The number of nitrogens with zero attached hydrogens (tertiary/aromatic N) is 2. The maximum atomic E-state index is 12.0. The van der Waals surface area contributed by atoms with Crippen LogP contribution in [0, 0.1) is 11.3 Å². The van der Waals surface area contributed by atoms with Crippen LogP contribution in [0.3, 0.4) is 0 Å². The summed E-state index contributed by atoms with van der Waals surface area (Å²) in [5.41, 5.74) is 3.53. The number of carboxylic acids is 1. The van der Waals surface area contributed by atoms with Gasteiger partial charge in [0.05, 0.1) is 17.2 Å². The van der Waals surface area contributed by atoms with E-state index in [0.717, 1.165) is 23.6 Å². The molecule has 1 aromatic carbocycles. The van der Waals surface area contributed by atoms with Gasteiger partial charge in [0.15, 0.2) is 0 Å². The van der Waals surface area contributed by atoms with Gasteiger partial charge in [-0.1, -0.05) is 33.9 Å². The van der Waals surface area contributed by atoms with Crippen LogP contribution in [0.5, 0.6) is 0 Å². The molecule has 4 nitrogen and oxygen atoms in total. The van der Waals surface area contributed by atoms with E-state index in [1.54, 1.807) is 13.0 Å². The van der Waals surface area contributed by atoms with Gasteiger partial charge < -0.3 is 5.11 Å². The van der Waals surface area contributed by atoms with Crippen molar-refractivity contribution in [3.05, 3.63) is 46.7 Å². The van der Waals surface area contributed by atoms with E-state index < -0.39 is 5.97 Å². The minimum Gasteiger partial charge on any atom is -0.478 e. The molecule has 1 aliphatic heterocycles. The summed E-state index contributed by atoms with van der Waals surface area (Å²) in [7, 11) is -0.372. The zero-order chi connectivity index (χ0) is 17.9. The highest BCUT2D eigenvalue weighted by Gasteiger charge is 2.39. The Balaban J connectivity index is 2.68. The zero-order valence-electron chi connectivity index (χ0n) is 14.6. The fourth-order valence-corrected chi connectivity index (χ4v) is 6.11. The summed E-state index contributed by atoms with van der Waals surface area (Å²) in [6, 6.07) is 9.50. The minimum atomic E-state index is -0.914. The summed E-state index contributed by atoms with van der Waals surface area (Å²) >= 11 is 0. The summed E-state index contributed by atoms with van der Waals surface area (Å²) < 4.78 is 0. The number of nitriles is 1. The van der Waals surface area contributed by atoms with Crippen molar-refractivity contribution in [2.24, 2.45) is 4.99 Å². The number of aliphatic carboxylic acids is 1. The monoisotopic (exact) mass is 342 g/mol. The molecule has 1 N–H and O–H groups in total. The Morgan fingerprint density at radius 3 is 2.54 bits per heavy atom. The Morgan fingerprint density at radius 1 is 1.33 bits per heavy atom. The standard InChI is InChI=1S/C19H23N2O2P/c1-5-24(6-2)18-13(4)21-12(3)16(19(22)23)17(18)15-9-7-8-14(10-15)11-20/h7-10,17-18H,5-6H2,1-4H3,(H,22,23). The molecule has 24 heavy (non-hydrogen) atoms. The Labute approximate surface area is 144 Å². The molecule has 2 atom stereocenters. The van der Waals surface area contributed by atoms with Gasteiger partial charge in [-0.2, -0.15) is 5.26 Å². The van der Waals surface area contributed by atoms with E-state index in [-0.39, 0.29) is 19.5 Å². The largest absolute Gasteiger partial charge is 0.478 e. The lowest BCUT2D eigenvalue weighted by Gasteiger charge is -2.37. The normalized spacial score (nSPS) is 20.8. The van der Waals surface area contributed by atoms with Crippen molar-refractivity contribution in [2.45, 2.75) is 39.3 Å². The molecule has 2 unspecified atom stereocenters. The summed E-state index contributed by atoms with van der Waals surface area (Å²) in [6.07, 6.45) is 2.06. The second-order valence-corrected chi connectivity index (χ2v) is 8.94. The van der Waals surface area contributed by atoms with Crippen LogP contribution in [0.25, 0.3) is 0 Å². The predicted octanol–water partition coefficient (Wildman–Crippen LogP) is 4.37. The molecule has 0 aromatic heterocycles. The lowest BCUT2D eigenvalue weighted by Crippen LogP contribution is -2.33. The third-order valence-electron chi connectivity index (χ3n) is 4.60. The van der Waals surface area contributed by atoms with Crippen molar-refractivity contribution in [1.82, 2.24) is 0 Å². The topological polar surface area (TPSA) is 73.4 Å². The lowest BCUT2D eigenvalue weighted by atomic mass is 9.83. The quantitative estimate of drug-likeness (QED) is 0.808. The van der Waals surface area contributed by atoms with Gasteiger partial charge in [0, 0.05) is 23.0 Å². The molecule has 1 aliphatic rings. The summed E-state index contributed by atoms with van der Waals surface area (Å²) in [5, 5.41) is 19.0. The number of hydrogen-bond acceptors (Lipinski definition) is 3. The van der Waals surface area contributed by atoms with Crippen LogP contribution in [0.4, 0.5) is 0 Å². The number of hydrogen-bond donors (Lipinski definition) is 1. The molecular formula is C19H23N2O2P. The number of allylic oxidation sites excluding steroid dienone is 1. The van der Waals surface area contributed by atoms with Crippen molar-refractivity contribution >= 4 is 19.6 Å². The van der Waals surface area contributed by atoms with E-state index in [1.165, 1.54) is 0 Å². The summed E-state index contributed by atoms with van der Waals surface area (Å²) in [6.45, 7) is 8.10. The molecule has 0 aliphatic carbocycles. The van der Waals surface area contributed by atoms with Gasteiger partial charge in [-0.15, -0.1) is 0 Å². The molecule has 0 radical (unpaired) electrons. The fraction of sp³-hybridized carbons (Fsp3) is 0.421. The predicted molar refractivity (Wildman–Crippen MR) is 99.1 cm³/mol. The maximum Gasteiger partial charge on any atom is 0.334 e. The molecule has 0 spiro atoms. The molecular weight excluding hydrogens is 319 g/mol. The van der Waals surface area contributed by atoms with E-state index in [2.05, 4.69) is 24.9 Å². The van der Waals surface area contributed by atoms with Crippen LogP contribution in [-0.4, -0.2) is 34.8 Å². The third-order valence-corrected chi connectivity index (χ3v) is 7.68. The highest BCUT2D eigenvalue weighted by Crippen LogP contribution is 2.52. The molecule has 0 amide bonds. The van der Waals surface area contributed by atoms with Crippen LogP contribution in [0.2, 0.25) is 0 Å². The van der Waals surface area contributed by atoms with Gasteiger partial charge in [0.1, 0.15) is 0 Å². The molecule has 2 rings (SSSR count).